The van der Waals surface area contributed by atoms with Crippen LogP contribution >= 0.6 is 11.6 Å². The monoisotopic (exact) mass is 366 g/mol. The number of ether oxygens (including phenoxy) is 1. The topological polar surface area (TPSA) is 26.3 Å². The Kier molecular flexibility index (Phi) is 6.06. The molecule has 0 radical (unpaired) electrons. The van der Waals surface area contributed by atoms with Gasteiger partial charge >= 0.3 is 136 Å². The van der Waals surface area contributed by atoms with Crippen molar-refractivity contribution in [3.8, 4) is 0 Å². The number of esters is 1. The van der Waals surface area contributed by atoms with Crippen molar-refractivity contribution in [3.05, 3.63) is 69.7 Å². The van der Waals surface area contributed by atoms with Crippen LogP contribution in [0.2, 0.25) is 5.02 Å². The third kappa shape index (κ3) is 5.05. The Morgan fingerprint density at radius 2 is 1.81 bits per heavy atom. The second kappa shape index (κ2) is 8.04. The Bertz CT molecular complexity index is 621. The van der Waals surface area contributed by atoms with Gasteiger partial charge in [0.2, 0.25) is 0 Å². The summed E-state index contributed by atoms with van der Waals surface area (Å²) in [5.74, 6) is -0.253. The summed E-state index contributed by atoms with van der Waals surface area (Å²) in [6.07, 6.45) is 1.88. The third-order valence-electron chi connectivity index (χ3n) is 2.62. The van der Waals surface area contributed by atoms with Crippen LogP contribution in [0.25, 0.3) is 6.08 Å². The molecule has 0 unspecified atom stereocenters. The first-order valence-electron chi connectivity index (χ1n) is 6.56. The Hall–Kier alpha value is -1.54. The van der Waals surface area contributed by atoms with Gasteiger partial charge in [-0.2, -0.15) is 0 Å². The summed E-state index contributed by atoms with van der Waals surface area (Å²) in [5.41, 5.74) is 0.945. The number of benzene rings is 2. The molecule has 0 saturated carbocycles. The molecule has 108 valence electrons. The van der Waals surface area contributed by atoms with Crippen molar-refractivity contribution in [2.45, 2.75) is 6.92 Å². The summed E-state index contributed by atoms with van der Waals surface area (Å²) < 4.78 is 6.98. The fourth-order valence-corrected chi connectivity index (χ4v) is 3.64. The van der Waals surface area contributed by atoms with E-state index in [9.17, 15) is 4.79 Å². The zero-order valence-electron chi connectivity index (χ0n) is 11.6. The van der Waals surface area contributed by atoms with Crippen LogP contribution in [0.5, 0.6) is 0 Å². The van der Waals surface area contributed by atoms with E-state index in [-0.39, 0.29) is 20.9 Å². The van der Waals surface area contributed by atoms with E-state index >= 15 is 0 Å². The molecule has 0 heterocycles. The molecule has 2 aromatic rings. The number of carbonyl (C=O) groups excluding carboxylic acids is 1. The standard InChI is InChI=1S/C17H15ClO2Se/c1-2-20-17(19)16(21-15-6-4-3-5-7-15)12-13-8-10-14(18)11-9-13/h3-12H,2H2,1H3/b16-12-. The normalized spacial score (nSPS) is 11.2. The van der Waals surface area contributed by atoms with E-state index in [1.54, 1.807) is 0 Å². The average Bonchev–Trinajstić information content (AvgIpc) is 2.50. The third-order valence-corrected chi connectivity index (χ3v) is 4.99. The molecule has 0 spiro atoms. The molecule has 0 aliphatic carbocycles. The molecule has 2 rings (SSSR count). The van der Waals surface area contributed by atoms with Crippen LogP contribution in [0.1, 0.15) is 12.5 Å². The van der Waals surface area contributed by atoms with E-state index in [1.807, 2.05) is 67.6 Å². The van der Waals surface area contributed by atoms with Crippen molar-refractivity contribution in [2.75, 3.05) is 6.61 Å². The van der Waals surface area contributed by atoms with E-state index < -0.39 is 0 Å². The number of halogens is 1. The fourth-order valence-electron chi connectivity index (χ4n) is 1.66. The molecule has 0 amide bonds. The molecule has 0 N–H and O–H groups in total. The minimum atomic E-state index is -0.253. The second-order valence-corrected chi connectivity index (χ2v) is 6.97. The van der Waals surface area contributed by atoms with Gasteiger partial charge in [-0.3, -0.25) is 0 Å². The molecule has 21 heavy (non-hydrogen) atoms. The molecule has 0 atom stereocenters. The minimum absolute atomic E-state index is 0.0901. The molecule has 0 fully saturated rings. The second-order valence-electron chi connectivity index (χ2n) is 4.20. The summed E-state index contributed by atoms with van der Waals surface area (Å²) in [7, 11) is 0. The molecular formula is C17H15ClO2Se. The number of hydrogen-bond donors (Lipinski definition) is 0. The molecule has 0 saturated heterocycles. The van der Waals surface area contributed by atoms with E-state index in [0.717, 1.165) is 10.0 Å². The summed E-state index contributed by atoms with van der Waals surface area (Å²) in [5, 5.41) is 0.679. The van der Waals surface area contributed by atoms with E-state index in [4.69, 9.17) is 16.3 Å². The van der Waals surface area contributed by atoms with Crippen molar-refractivity contribution in [1.82, 2.24) is 0 Å². The maximum atomic E-state index is 12.1. The van der Waals surface area contributed by atoms with Crippen molar-refractivity contribution in [1.29, 1.82) is 0 Å². The van der Waals surface area contributed by atoms with Crippen LogP contribution in [0.4, 0.5) is 0 Å². The fraction of sp³-hybridized carbons (Fsp3) is 0.118. The van der Waals surface area contributed by atoms with Crippen molar-refractivity contribution in [3.63, 3.8) is 0 Å². The zero-order chi connectivity index (χ0) is 15.1. The first-order chi connectivity index (χ1) is 10.2. The van der Waals surface area contributed by atoms with Crippen LogP contribution in [-0.2, 0) is 9.53 Å². The zero-order valence-corrected chi connectivity index (χ0v) is 14.1. The Morgan fingerprint density at radius 3 is 2.43 bits per heavy atom. The van der Waals surface area contributed by atoms with Crippen molar-refractivity contribution < 1.29 is 9.53 Å². The van der Waals surface area contributed by atoms with Gasteiger partial charge in [0.15, 0.2) is 0 Å². The first-order valence-corrected chi connectivity index (χ1v) is 8.65. The maximum absolute atomic E-state index is 12.1. The van der Waals surface area contributed by atoms with E-state index in [2.05, 4.69) is 0 Å². The van der Waals surface area contributed by atoms with Crippen LogP contribution in [0.3, 0.4) is 0 Å². The van der Waals surface area contributed by atoms with Crippen LogP contribution < -0.4 is 4.46 Å². The van der Waals surface area contributed by atoms with Crippen molar-refractivity contribution >= 4 is 43.1 Å². The molecule has 0 aliphatic rings. The molecule has 4 heteroatoms. The average molecular weight is 366 g/mol. The van der Waals surface area contributed by atoms with Gasteiger partial charge in [-0.15, -0.1) is 0 Å². The van der Waals surface area contributed by atoms with Crippen LogP contribution in [0, 0.1) is 0 Å². The Balaban J connectivity index is 2.27. The number of carbonyl (C=O) groups is 1. The van der Waals surface area contributed by atoms with Gasteiger partial charge < -0.3 is 0 Å². The number of rotatable bonds is 5. The summed E-state index contributed by atoms with van der Waals surface area (Å²) in [6.45, 7) is 2.19. The quantitative estimate of drug-likeness (QED) is 0.462. The summed E-state index contributed by atoms with van der Waals surface area (Å²) in [4.78, 5) is 12.1. The van der Waals surface area contributed by atoms with Gasteiger partial charge in [0.1, 0.15) is 0 Å². The van der Waals surface area contributed by atoms with Gasteiger partial charge in [-0.1, -0.05) is 0 Å². The predicted octanol–water partition coefficient (Wildman–Crippen LogP) is 3.27. The van der Waals surface area contributed by atoms with Crippen LogP contribution in [-0.4, -0.2) is 27.5 Å². The van der Waals surface area contributed by atoms with Gasteiger partial charge in [-0.25, -0.2) is 0 Å². The van der Waals surface area contributed by atoms with Gasteiger partial charge in [0, 0.05) is 0 Å². The molecule has 0 aliphatic heterocycles. The molecule has 0 aromatic heterocycles. The van der Waals surface area contributed by atoms with Gasteiger partial charge in [0.25, 0.3) is 0 Å². The summed E-state index contributed by atoms with van der Waals surface area (Å²) in [6, 6.07) is 17.4. The van der Waals surface area contributed by atoms with Gasteiger partial charge in [-0.05, 0) is 0 Å². The Morgan fingerprint density at radius 1 is 1.14 bits per heavy atom. The van der Waals surface area contributed by atoms with Crippen molar-refractivity contribution in [2.24, 2.45) is 0 Å². The molecule has 0 bridgehead atoms. The first kappa shape index (κ1) is 15.8. The molecule has 2 nitrogen and oxygen atoms in total. The van der Waals surface area contributed by atoms with Crippen LogP contribution in [0.15, 0.2) is 59.1 Å². The SMILES string of the molecule is CCOC(=O)/C(=C/c1ccc(Cl)cc1)[Se]c1ccccc1. The molecular weight excluding hydrogens is 351 g/mol. The predicted molar refractivity (Wildman–Crippen MR) is 87.9 cm³/mol. The van der Waals surface area contributed by atoms with Gasteiger partial charge in [0.05, 0.1) is 0 Å². The Labute approximate surface area is 135 Å². The number of hydrogen-bond acceptors (Lipinski definition) is 2. The van der Waals surface area contributed by atoms with E-state index in [1.165, 1.54) is 0 Å². The summed E-state index contributed by atoms with van der Waals surface area (Å²) >= 11 is 5.79. The van der Waals surface area contributed by atoms with E-state index in [0.29, 0.717) is 16.1 Å². The molecule has 2 aromatic carbocycles.